The third-order valence-corrected chi connectivity index (χ3v) is 4.52. The first kappa shape index (κ1) is 22.3. The molecule has 2 aromatic rings. The lowest BCUT2D eigenvalue weighted by Gasteiger charge is -2.28. The molecule has 1 aliphatic heterocycles. The third-order valence-electron chi connectivity index (χ3n) is 4.52. The molecule has 10 nitrogen and oxygen atoms in total. The molecule has 10 heteroatoms. The highest BCUT2D eigenvalue weighted by Crippen LogP contribution is 2.16. The Balaban J connectivity index is 1.32. The zero-order chi connectivity index (χ0) is 21.9. The number of rotatable bonds is 9. The molecule has 166 valence electrons. The van der Waals surface area contributed by atoms with Crippen molar-refractivity contribution in [1.82, 2.24) is 20.6 Å². The van der Waals surface area contributed by atoms with Gasteiger partial charge in [0.25, 0.3) is 0 Å². The number of amides is 2. The molecule has 0 unspecified atom stereocenters. The van der Waals surface area contributed by atoms with Crippen molar-refractivity contribution in [2.45, 2.75) is 13.5 Å². The van der Waals surface area contributed by atoms with Crippen LogP contribution in [-0.4, -0.2) is 67.9 Å². The lowest BCUT2D eigenvalue weighted by Crippen LogP contribution is -2.39. The van der Waals surface area contributed by atoms with E-state index in [9.17, 15) is 9.59 Å². The molecular formula is C21H28N6O4. The Bertz CT molecular complexity index is 858. The number of ether oxygens (including phenoxy) is 2. The fourth-order valence-corrected chi connectivity index (χ4v) is 2.98. The van der Waals surface area contributed by atoms with Gasteiger partial charge in [0, 0.05) is 32.2 Å². The van der Waals surface area contributed by atoms with Crippen LogP contribution in [-0.2, 0) is 20.9 Å². The second-order valence-corrected chi connectivity index (χ2v) is 6.95. The Morgan fingerprint density at radius 2 is 1.87 bits per heavy atom. The second-order valence-electron chi connectivity index (χ2n) is 6.95. The van der Waals surface area contributed by atoms with Crippen LogP contribution < -0.4 is 20.9 Å². The molecule has 3 N–H and O–H groups in total. The van der Waals surface area contributed by atoms with Gasteiger partial charge < -0.3 is 30.3 Å². The molecule has 0 spiro atoms. The van der Waals surface area contributed by atoms with Crippen LogP contribution in [0.4, 0.5) is 16.4 Å². The van der Waals surface area contributed by atoms with Crippen LogP contribution in [0.5, 0.6) is 0 Å². The summed E-state index contributed by atoms with van der Waals surface area (Å²) in [7, 11) is 0. The number of carbonyl (C=O) groups is 2. The van der Waals surface area contributed by atoms with E-state index in [1.165, 1.54) is 0 Å². The predicted molar refractivity (Wildman–Crippen MR) is 116 cm³/mol. The first-order valence-electron chi connectivity index (χ1n) is 10.2. The smallest absolute Gasteiger partial charge is 0.407 e. The minimum atomic E-state index is -0.635. The van der Waals surface area contributed by atoms with E-state index in [0.717, 1.165) is 24.5 Å². The van der Waals surface area contributed by atoms with E-state index >= 15 is 0 Å². The lowest BCUT2D eigenvalue weighted by molar-refractivity contribution is -0.120. The molecule has 0 aliphatic carbocycles. The largest absolute Gasteiger partial charge is 0.445 e. The van der Waals surface area contributed by atoms with Gasteiger partial charge in [0.1, 0.15) is 24.1 Å². The van der Waals surface area contributed by atoms with Gasteiger partial charge in [-0.05, 0) is 12.5 Å². The number of morpholine rings is 1. The highest BCUT2D eigenvalue weighted by Gasteiger charge is 2.14. The van der Waals surface area contributed by atoms with E-state index in [1.807, 2.05) is 43.3 Å². The third kappa shape index (κ3) is 7.74. The molecule has 0 atom stereocenters. The zero-order valence-electron chi connectivity index (χ0n) is 17.6. The Kier molecular flexibility index (Phi) is 8.41. The summed E-state index contributed by atoms with van der Waals surface area (Å²) < 4.78 is 10.4. The summed E-state index contributed by atoms with van der Waals surface area (Å²) in [6.45, 7) is 5.69. The second kappa shape index (κ2) is 11.7. The van der Waals surface area contributed by atoms with Crippen LogP contribution in [0.2, 0.25) is 0 Å². The number of benzene rings is 1. The van der Waals surface area contributed by atoms with Gasteiger partial charge in [-0.3, -0.25) is 4.79 Å². The molecule has 1 aliphatic rings. The van der Waals surface area contributed by atoms with E-state index in [4.69, 9.17) is 9.47 Å². The predicted octanol–water partition coefficient (Wildman–Crippen LogP) is 1.08. The molecule has 2 heterocycles. The molecule has 0 radical (unpaired) electrons. The van der Waals surface area contributed by atoms with E-state index < -0.39 is 6.09 Å². The summed E-state index contributed by atoms with van der Waals surface area (Å²) >= 11 is 0. The maximum Gasteiger partial charge on any atom is 0.407 e. The number of hydrogen-bond donors (Lipinski definition) is 3. The van der Waals surface area contributed by atoms with Gasteiger partial charge in [-0.2, -0.15) is 0 Å². The molecule has 0 saturated carbocycles. The number of aromatic nitrogens is 2. The van der Waals surface area contributed by atoms with E-state index in [1.54, 1.807) is 0 Å². The average molecular weight is 428 g/mol. The van der Waals surface area contributed by atoms with Crippen molar-refractivity contribution < 1.29 is 19.1 Å². The van der Waals surface area contributed by atoms with Crippen LogP contribution >= 0.6 is 0 Å². The molecule has 31 heavy (non-hydrogen) atoms. The number of aryl methyl sites for hydroxylation is 1. The summed E-state index contributed by atoms with van der Waals surface area (Å²) in [6.07, 6.45) is -0.635. The molecule has 1 fully saturated rings. The quantitative estimate of drug-likeness (QED) is 0.508. The fraction of sp³-hybridized carbons (Fsp3) is 0.429. The van der Waals surface area contributed by atoms with Crippen molar-refractivity contribution in [3.8, 4) is 0 Å². The highest BCUT2D eigenvalue weighted by molar-refractivity contribution is 5.82. The standard InChI is InChI=1S/C21H28N6O4/c1-16-25-18(13-19(26-16)27-9-11-30-12-10-27)22-7-8-23-20(28)14-24-21(29)31-15-17-5-3-2-4-6-17/h2-6,13H,7-12,14-15H2,1H3,(H,23,28)(H,24,29)(H,22,25,26). The molecular weight excluding hydrogens is 400 g/mol. The number of nitrogens with one attached hydrogen (secondary N) is 3. The van der Waals surface area contributed by atoms with Crippen molar-refractivity contribution >= 4 is 23.6 Å². The summed E-state index contributed by atoms with van der Waals surface area (Å²) in [5.74, 6) is 1.94. The van der Waals surface area contributed by atoms with Gasteiger partial charge in [-0.1, -0.05) is 30.3 Å². The fourth-order valence-electron chi connectivity index (χ4n) is 2.98. The normalized spacial score (nSPS) is 13.4. The van der Waals surface area contributed by atoms with Gasteiger partial charge in [-0.25, -0.2) is 14.8 Å². The topological polar surface area (TPSA) is 118 Å². The molecule has 1 aromatic carbocycles. The van der Waals surface area contributed by atoms with Crippen LogP contribution in [0.25, 0.3) is 0 Å². The van der Waals surface area contributed by atoms with Crippen molar-refractivity contribution in [2.24, 2.45) is 0 Å². The number of nitrogens with zero attached hydrogens (tertiary/aromatic N) is 3. The van der Waals surface area contributed by atoms with Gasteiger partial charge in [0.2, 0.25) is 5.91 Å². The van der Waals surface area contributed by atoms with E-state index in [2.05, 4.69) is 30.8 Å². The first-order valence-corrected chi connectivity index (χ1v) is 10.2. The Labute approximate surface area is 181 Å². The summed E-state index contributed by atoms with van der Waals surface area (Å²) in [5, 5.41) is 8.35. The Morgan fingerprint density at radius 3 is 2.65 bits per heavy atom. The molecule has 1 saturated heterocycles. The van der Waals surface area contributed by atoms with Gasteiger partial charge >= 0.3 is 6.09 Å². The number of anilines is 2. The number of carbonyl (C=O) groups excluding carboxylic acids is 2. The van der Waals surface area contributed by atoms with Crippen molar-refractivity contribution in [1.29, 1.82) is 0 Å². The zero-order valence-corrected chi connectivity index (χ0v) is 17.6. The maximum absolute atomic E-state index is 11.9. The molecule has 0 bridgehead atoms. The minimum Gasteiger partial charge on any atom is -0.445 e. The van der Waals surface area contributed by atoms with Crippen LogP contribution in [0.15, 0.2) is 36.4 Å². The molecule has 2 amide bonds. The Morgan fingerprint density at radius 1 is 1.10 bits per heavy atom. The van der Waals surface area contributed by atoms with Crippen LogP contribution in [0, 0.1) is 6.92 Å². The summed E-state index contributed by atoms with van der Waals surface area (Å²) in [6, 6.07) is 11.2. The highest BCUT2D eigenvalue weighted by atomic mass is 16.5. The SMILES string of the molecule is Cc1nc(NCCNC(=O)CNC(=O)OCc2ccccc2)cc(N2CCOCC2)n1. The minimum absolute atomic E-state index is 0.151. The van der Waals surface area contributed by atoms with Gasteiger partial charge in [-0.15, -0.1) is 0 Å². The van der Waals surface area contributed by atoms with Gasteiger partial charge in [0.15, 0.2) is 0 Å². The van der Waals surface area contributed by atoms with E-state index in [0.29, 0.717) is 37.9 Å². The van der Waals surface area contributed by atoms with Gasteiger partial charge in [0.05, 0.1) is 19.8 Å². The van der Waals surface area contributed by atoms with Crippen molar-refractivity contribution in [3.63, 3.8) is 0 Å². The Hall–Kier alpha value is -3.40. The van der Waals surface area contributed by atoms with E-state index in [-0.39, 0.29) is 19.1 Å². The molecule has 1 aromatic heterocycles. The lowest BCUT2D eigenvalue weighted by atomic mass is 10.2. The van der Waals surface area contributed by atoms with Crippen LogP contribution in [0.1, 0.15) is 11.4 Å². The summed E-state index contributed by atoms with van der Waals surface area (Å²) in [5.41, 5.74) is 0.880. The monoisotopic (exact) mass is 428 g/mol. The van der Waals surface area contributed by atoms with Crippen LogP contribution in [0.3, 0.4) is 0 Å². The summed E-state index contributed by atoms with van der Waals surface area (Å²) in [4.78, 5) is 34.6. The molecule has 3 rings (SSSR count). The average Bonchev–Trinajstić information content (AvgIpc) is 2.80. The first-order chi connectivity index (χ1) is 15.1. The number of alkyl carbamates (subject to hydrolysis) is 1. The number of hydrogen-bond acceptors (Lipinski definition) is 8. The van der Waals surface area contributed by atoms with Crippen molar-refractivity contribution in [3.05, 3.63) is 47.8 Å². The van der Waals surface area contributed by atoms with Crippen molar-refractivity contribution in [2.75, 3.05) is 56.2 Å². The maximum atomic E-state index is 11.9.